The first-order chi connectivity index (χ1) is 6.04. The molecule has 0 rings (SSSR count). The summed E-state index contributed by atoms with van der Waals surface area (Å²) < 4.78 is 0. The highest BCUT2D eigenvalue weighted by atomic mass is 16.4. The minimum Gasteiger partial charge on any atom is -0.481 e. The summed E-state index contributed by atoms with van der Waals surface area (Å²) in [4.78, 5) is 20.3. The fourth-order valence-corrected chi connectivity index (χ4v) is 0.668. The quantitative estimate of drug-likeness (QED) is 0.516. The molecule has 0 fully saturated rings. The zero-order chi connectivity index (χ0) is 10.3. The van der Waals surface area contributed by atoms with Crippen molar-refractivity contribution in [1.82, 2.24) is 0 Å². The Kier molecular flexibility index (Phi) is 5.54. The van der Waals surface area contributed by atoms with Crippen LogP contribution in [0.2, 0.25) is 0 Å². The summed E-state index contributed by atoms with van der Waals surface area (Å²) in [6, 6.07) is -0.902. The first kappa shape index (κ1) is 11.6. The maximum atomic E-state index is 10.2. The molecule has 0 aliphatic heterocycles. The second-order valence-corrected chi connectivity index (χ2v) is 2.58. The van der Waals surface area contributed by atoms with Crippen LogP contribution < -0.4 is 5.73 Å². The number of aliphatic carboxylic acids is 2. The third-order valence-electron chi connectivity index (χ3n) is 1.40. The zero-order valence-corrected chi connectivity index (χ0v) is 7.14. The van der Waals surface area contributed by atoms with E-state index in [1.54, 1.807) is 12.2 Å². The molecule has 0 aliphatic carbocycles. The van der Waals surface area contributed by atoms with Gasteiger partial charge in [0.1, 0.15) is 6.04 Å². The van der Waals surface area contributed by atoms with E-state index in [0.29, 0.717) is 6.42 Å². The third-order valence-corrected chi connectivity index (χ3v) is 1.40. The molecule has 5 heteroatoms. The summed E-state index contributed by atoms with van der Waals surface area (Å²) in [7, 11) is 0. The number of hydrogen-bond donors (Lipinski definition) is 3. The van der Waals surface area contributed by atoms with Gasteiger partial charge in [0.05, 0.1) is 0 Å². The van der Waals surface area contributed by atoms with Gasteiger partial charge in [0, 0.05) is 6.42 Å². The van der Waals surface area contributed by atoms with Gasteiger partial charge in [-0.3, -0.25) is 9.59 Å². The molecule has 0 aromatic heterocycles. The summed E-state index contributed by atoms with van der Waals surface area (Å²) >= 11 is 0. The van der Waals surface area contributed by atoms with Gasteiger partial charge >= 0.3 is 11.9 Å². The molecule has 13 heavy (non-hydrogen) atoms. The van der Waals surface area contributed by atoms with Crippen LogP contribution in [0.1, 0.15) is 19.3 Å². The van der Waals surface area contributed by atoms with Gasteiger partial charge in [-0.25, -0.2) is 0 Å². The smallest absolute Gasteiger partial charge is 0.320 e. The lowest BCUT2D eigenvalue weighted by atomic mass is 10.2. The molecule has 0 radical (unpaired) electrons. The summed E-state index contributed by atoms with van der Waals surface area (Å²) in [6.07, 6.45) is 3.90. The first-order valence-electron chi connectivity index (χ1n) is 3.89. The van der Waals surface area contributed by atoms with Crippen LogP contribution in [0, 0.1) is 0 Å². The Morgan fingerprint density at radius 1 is 1.31 bits per heavy atom. The van der Waals surface area contributed by atoms with Crippen LogP contribution in [0.15, 0.2) is 12.2 Å². The van der Waals surface area contributed by atoms with E-state index in [0.717, 1.165) is 0 Å². The molecule has 0 heterocycles. The highest BCUT2D eigenvalue weighted by Gasteiger charge is 2.07. The molecular weight excluding hydrogens is 174 g/mol. The van der Waals surface area contributed by atoms with E-state index >= 15 is 0 Å². The molecule has 1 unspecified atom stereocenters. The molecule has 0 amide bonds. The Hall–Kier alpha value is -1.36. The number of rotatable bonds is 6. The van der Waals surface area contributed by atoms with E-state index in [4.69, 9.17) is 15.9 Å². The number of carboxylic acids is 2. The van der Waals surface area contributed by atoms with Gasteiger partial charge in [-0.2, -0.15) is 0 Å². The van der Waals surface area contributed by atoms with Crippen molar-refractivity contribution in [3.8, 4) is 0 Å². The molecule has 0 bridgehead atoms. The van der Waals surface area contributed by atoms with Crippen LogP contribution in [0.25, 0.3) is 0 Å². The van der Waals surface area contributed by atoms with Crippen molar-refractivity contribution in [3.63, 3.8) is 0 Å². The molecule has 0 aromatic carbocycles. The van der Waals surface area contributed by atoms with E-state index in [2.05, 4.69) is 0 Å². The molecule has 0 saturated heterocycles. The Morgan fingerprint density at radius 3 is 2.38 bits per heavy atom. The average Bonchev–Trinajstić information content (AvgIpc) is 2.02. The Labute approximate surface area is 75.9 Å². The topological polar surface area (TPSA) is 101 Å². The Morgan fingerprint density at radius 2 is 1.92 bits per heavy atom. The highest BCUT2D eigenvalue weighted by Crippen LogP contribution is 1.95. The summed E-state index contributed by atoms with van der Waals surface area (Å²) in [5.74, 6) is -1.92. The molecule has 5 nitrogen and oxygen atoms in total. The lowest BCUT2D eigenvalue weighted by Crippen LogP contribution is -2.29. The monoisotopic (exact) mass is 187 g/mol. The van der Waals surface area contributed by atoms with Crippen LogP contribution >= 0.6 is 0 Å². The molecule has 74 valence electrons. The van der Waals surface area contributed by atoms with Gasteiger partial charge in [0.15, 0.2) is 0 Å². The van der Waals surface area contributed by atoms with Crippen LogP contribution in [0.3, 0.4) is 0 Å². The standard InChI is InChI=1S/C8H13NO4/c9-6(8(12)13)4-2-1-3-5-7(10)11/h1-2,6H,3-5,9H2,(H,10,11)(H,12,13)/b2-1-. The molecule has 0 spiro atoms. The maximum Gasteiger partial charge on any atom is 0.320 e. The van der Waals surface area contributed by atoms with Gasteiger partial charge in [-0.1, -0.05) is 12.2 Å². The molecule has 4 N–H and O–H groups in total. The van der Waals surface area contributed by atoms with Crippen LogP contribution in [-0.4, -0.2) is 28.2 Å². The van der Waals surface area contributed by atoms with E-state index in [1.165, 1.54) is 0 Å². The minimum atomic E-state index is -1.05. The number of hydrogen-bond acceptors (Lipinski definition) is 3. The number of carboxylic acid groups (broad SMARTS) is 2. The lowest BCUT2D eigenvalue weighted by molar-refractivity contribution is -0.138. The molecule has 0 saturated carbocycles. The summed E-state index contributed by atoms with van der Waals surface area (Å²) in [5, 5.41) is 16.6. The van der Waals surface area contributed by atoms with Gasteiger partial charge in [0.2, 0.25) is 0 Å². The van der Waals surface area contributed by atoms with Crippen molar-refractivity contribution >= 4 is 11.9 Å². The fourth-order valence-electron chi connectivity index (χ4n) is 0.668. The summed E-state index contributed by atoms with van der Waals surface area (Å²) in [5.41, 5.74) is 5.19. The van der Waals surface area contributed by atoms with E-state index in [-0.39, 0.29) is 12.8 Å². The van der Waals surface area contributed by atoms with Crippen molar-refractivity contribution in [2.24, 2.45) is 5.73 Å². The highest BCUT2D eigenvalue weighted by molar-refractivity contribution is 5.73. The predicted octanol–water partition coefficient (Wildman–Crippen LogP) is 0.209. The average molecular weight is 187 g/mol. The zero-order valence-electron chi connectivity index (χ0n) is 7.14. The molecule has 1 atom stereocenters. The van der Waals surface area contributed by atoms with Crippen molar-refractivity contribution < 1.29 is 19.8 Å². The minimum absolute atomic E-state index is 0.0544. The van der Waals surface area contributed by atoms with Crippen LogP contribution in [0.4, 0.5) is 0 Å². The van der Waals surface area contributed by atoms with Crippen molar-refractivity contribution in [1.29, 1.82) is 0 Å². The van der Waals surface area contributed by atoms with Gasteiger partial charge in [0.25, 0.3) is 0 Å². The van der Waals surface area contributed by atoms with Crippen molar-refractivity contribution in [2.45, 2.75) is 25.3 Å². The second kappa shape index (κ2) is 6.19. The van der Waals surface area contributed by atoms with Crippen molar-refractivity contribution in [2.75, 3.05) is 0 Å². The third kappa shape index (κ3) is 7.02. The maximum absolute atomic E-state index is 10.2. The normalized spacial score (nSPS) is 13.0. The number of nitrogens with two attached hydrogens (primary N) is 1. The lowest BCUT2D eigenvalue weighted by Gasteiger charge is -1.99. The van der Waals surface area contributed by atoms with Gasteiger partial charge in [-0.15, -0.1) is 0 Å². The number of allylic oxidation sites excluding steroid dienone is 1. The van der Waals surface area contributed by atoms with Gasteiger partial charge < -0.3 is 15.9 Å². The van der Waals surface area contributed by atoms with Crippen LogP contribution in [0.5, 0.6) is 0 Å². The number of carbonyl (C=O) groups is 2. The van der Waals surface area contributed by atoms with Crippen molar-refractivity contribution in [3.05, 3.63) is 12.2 Å². The fraction of sp³-hybridized carbons (Fsp3) is 0.500. The predicted molar refractivity (Wildman–Crippen MR) is 46.2 cm³/mol. The SMILES string of the molecule is NC(C/C=C\CCC(=O)O)C(=O)O. The second-order valence-electron chi connectivity index (χ2n) is 2.58. The largest absolute Gasteiger partial charge is 0.481 e. The van der Waals surface area contributed by atoms with E-state index in [9.17, 15) is 9.59 Å². The summed E-state index contributed by atoms with van der Waals surface area (Å²) in [6.45, 7) is 0. The first-order valence-corrected chi connectivity index (χ1v) is 3.89. The molecular formula is C8H13NO4. The Bertz CT molecular complexity index is 212. The molecule has 0 aromatic rings. The van der Waals surface area contributed by atoms with Gasteiger partial charge in [-0.05, 0) is 12.8 Å². The Balaban J connectivity index is 3.52. The van der Waals surface area contributed by atoms with Crippen LogP contribution in [-0.2, 0) is 9.59 Å². The van der Waals surface area contributed by atoms with E-state index in [1.807, 2.05) is 0 Å². The molecule has 0 aliphatic rings. The van der Waals surface area contributed by atoms with E-state index < -0.39 is 18.0 Å².